The maximum atomic E-state index is 12.2. The fourth-order valence-electron chi connectivity index (χ4n) is 1.92. The van der Waals surface area contributed by atoms with Crippen molar-refractivity contribution in [2.24, 2.45) is 0 Å². The molecular formula is C15H15ClN2O2. The van der Waals surface area contributed by atoms with Crippen LogP contribution < -0.4 is 15.8 Å². The van der Waals surface area contributed by atoms with Gasteiger partial charge in [0, 0.05) is 16.3 Å². The van der Waals surface area contributed by atoms with Crippen LogP contribution in [0.1, 0.15) is 15.9 Å². The molecule has 0 saturated heterocycles. The van der Waals surface area contributed by atoms with E-state index >= 15 is 0 Å². The normalized spacial score (nSPS) is 10.2. The molecule has 4 nitrogen and oxygen atoms in total. The number of carbonyl (C=O) groups excluding carboxylic acids is 1. The van der Waals surface area contributed by atoms with Crippen LogP contribution in [0.2, 0.25) is 5.02 Å². The average molecular weight is 291 g/mol. The molecule has 5 heteroatoms. The first-order valence-electron chi connectivity index (χ1n) is 6.01. The number of benzene rings is 2. The second-order valence-electron chi connectivity index (χ2n) is 4.43. The number of methoxy groups -OCH3 is 1. The van der Waals surface area contributed by atoms with Gasteiger partial charge in [-0.05, 0) is 48.9 Å². The number of hydrogen-bond acceptors (Lipinski definition) is 3. The van der Waals surface area contributed by atoms with Crippen LogP contribution in [0.5, 0.6) is 5.75 Å². The smallest absolute Gasteiger partial charge is 0.255 e. The van der Waals surface area contributed by atoms with Gasteiger partial charge in [-0.25, -0.2) is 0 Å². The third kappa shape index (κ3) is 3.22. The molecule has 0 atom stereocenters. The molecule has 2 aromatic rings. The van der Waals surface area contributed by atoms with Crippen molar-refractivity contribution in [2.75, 3.05) is 18.2 Å². The highest BCUT2D eigenvalue weighted by Crippen LogP contribution is 2.28. The summed E-state index contributed by atoms with van der Waals surface area (Å²) in [7, 11) is 1.53. The predicted octanol–water partition coefficient (Wildman–Crippen LogP) is 3.49. The van der Waals surface area contributed by atoms with Crippen molar-refractivity contribution >= 4 is 28.9 Å². The fraction of sp³-hybridized carbons (Fsp3) is 0.133. The van der Waals surface area contributed by atoms with E-state index in [4.69, 9.17) is 22.1 Å². The molecule has 0 fully saturated rings. The van der Waals surface area contributed by atoms with Gasteiger partial charge in [-0.2, -0.15) is 0 Å². The Labute approximate surface area is 122 Å². The highest BCUT2D eigenvalue weighted by molar-refractivity contribution is 6.31. The number of halogens is 1. The average Bonchev–Trinajstić information content (AvgIpc) is 2.37. The Morgan fingerprint density at radius 3 is 2.65 bits per heavy atom. The summed E-state index contributed by atoms with van der Waals surface area (Å²) in [5.41, 5.74) is 8.23. The molecule has 20 heavy (non-hydrogen) atoms. The highest BCUT2D eigenvalue weighted by Gasteiger charge is 2.11. The van der Waals surface area contributed by atoms with Gasteiger partial charge in [0.05, 0.1) is 12.8 Å². The van der Waals surface area contributed by atoms with Crippen LogP contribution in [0.3, 0.4) is 0 Å². The number of nitrogens with two attached hydrogens (primary N) is 1. The van der Waals surface area contributed by atoms with Gasteiger partial charge in [-0.3, -0.25) is 4.79 Å². The van der Waals surface area contributed by atoms with Gasteiger partial charge >= 0.3 is 0 Å². The summed E-state index contributed by atoms with van der Waals surface area (Å²) in [5.74, 6) is 0.282. The largest absolute Gasteiger partial charge is 0.495 e. The lowest BCUT2D eigenvalue weighted by Crippen LogP contribution is -2.13. The maximum Gasteiger partial charge on any atom is 0.255 e. The lowest BCUT2D eigenvalue weighted by Gasteiger charge is -2.11. The van der Waals surface area contributed by atoms with Crippen LogP contribution in [0.4, 0.5) is 11.4 Å². The van der Waals surface area contributed by atoms with Crippen molar-refractivity contribution in [1.82, 2.24) is 0 Å². The van der Waals surface area contributed by atoms with Crippen molar-refractivity contribution in [3.8, 4) is 5.75 Å². The minimum atomic E-state index is -0.263. The van der Waals surface area contributed by atoms with E-state index in [1.807, 2.05) is 6.92 Å². The molecule has 0 unspecified atom stereocenters. The second-order valence-corrected chi connectivity index (χ2v) is 4.87. The van der Waals surface area contributed by atoms with Gasteiger partial charge in [-0.1, -0.05) is 11.6 Å². The van der Waals surface area contributed by atoms with Gasteiger partial charge in [-0.15, -0.1) is 0 Å². The van der Waals surface area contributed by atoms with E-state index in [-0.39, 0.29) is 5.91 Å². The van der Waals surface area contributed by atoms with E-state index in [9.17, 15) is 4.79 Å². The van der Waals surface area contributed by atoms with Gasteiger partial charge in [0.25, 0.3) is 5.91 Å². The predicted molar refractivity (Wildman–Crippen MR) is 81.5 cm³/mol. The quantitative estimate of drug-likeness (QED) is 0.851. The summed E-state index contributed by atoms with van der Waals surface area (Å²) in [5, 5.41) is 3.29. The van der Waals surface area contributed by atoms with E-state index in [0.717, 1.165) is 5.56 Å². The second kappa shape index (κ2) is 5.84. The zero-order valence-electron chi connectivity index (χ0n) is 11.2. The first-order valence-corrected chi connectivity index (χ1v) is 6.39. The van der Waals surface area contributed by atoms with Crippen molar-refractivity contribution in [2.45, 2.75) is 6.92 Å². The first-order chi connectivity index (χ1) is 9.49. The van der Waals surface area contributed by atoms with Crippen molar-refractivity contribution in [3.63, 3.8) is 0 Å². The molecule has 0 spiro atoms. The number of aryl methyl sites for hydroxylation is 1. The van der Waals surface area contributed by atoms with E-state index in [1.54, 1.807) is 36.4 Å². The molecule has 0 aliphatic heterocycles. The van der Waals surface area contributed by atoms with Crippen LogP contribution in [0.15, 0.2) is 36.4 Å². The Morgan fingerprint density at radius 1 is 1.25 bits per heavy atom. The number of carbonyl (C=O) groups is 1. The van der Waals surface area contributed by atoms with E-state index in [2.05, 4.69) is 5.32 Å². The Bertz CT molecular complexity index is 636. The van der Waals surface area contributed by atoms with Crippen LogP contribution in [-0.2, 0) is 0 Å². The van der Waals surface area contributed by atoms with Crippen LogP contribution in [0, 0.1) is 6.92 Å². The summed E-state index contributed by atoms with van der Waals surface area (Å²) in [6, 6.07) is 10.2. The molecule has 0 heterocycles. The Balaban J connectivity index is 2.29. The van der Waals surface area contributed by atoms with Crippen LogP contribution in [0.25, 0.3) is 0 Å². The molecule has 104 valence electrons. The lowest BCUT2D eigenvalue weighted by molar-refractivity contribution is 0.102. The number of ether oxygens (including phenoxy) is 1. The summed E-state index contributed by atoms with van der Waals surface area (Å²) < 4.78 is 5.19. The summed E-state index contributed by atoms with van der Waals surface area (Å²) in [4.78, 5) is 12.2. The molecule has 0 saturated carbocycles. The molecule has 3 N–H and O–H groups in total. The van der Waals surface area contributed by atoms with Gasteiger partial charge < -0.3 is 15.8 Å². The van der Waals surface area contributed by atoms with Crippen molar-refractivity contribution < 1.29 is 9.53 Å². The number of nitrogen functional groups attached to an aromatic ring is 1. The third-order valence-corrected chi connectivity index (χ3v) is 3.01. The van der Waals surface area contributed by atoms with Gasteiger partial charge in [0.15, 0.2) is 0 Å². The molecule has 2 rings (SSSR count). The Hall–Kier alpha value is -2.20. The van der Waals surface area contributed by atoms with E-state index in [0.29, 0.717) is 27.7 Å². The molecule has 0 aliphatic carbocycles. The summed E-state index contributed by atoms with van der Waals surface area (Å²) in [6.45, 7) is 1.88. The molecule has 0 aliphatic rings. The molecule has 0 aromatic heterocycles. The summed E-state index contributed by atoms with van der Waals surface area (Å²) >= 11 is 5.93. The summed E-state index contributed by atoms with van der Waals surface area (Å²) in [6.07, 6.45) is 0. The van der Waals surface area contributed by atoms with E-state index < -0.39 is 0 Å². The first kappa shape index (κ1) is 14.2. The van der Waals surface area contributed by atoms with Crippen molar-refractivity contribution in [1.29, 1.82) is 0 Å². The van der Waals surface area contributed by atoms with Gasteiger partial charge in [0.2, 0.25) is 0 Å². The molecule has 0 bridgehead atoms. The minimum absolute atomic E-state index is 0.263. The topological polar surface area (TPSA) is 64.3 Å². The molecular weight excluding hydrogens is 276 g/mol. The number of rotatable bonds is 3. The molecule has 1 amide bonds. The lowest BCUT2D eigenvalue weighted by atomic mass is 10.1. The minimum Gasteiger partial charge on any atom is -0.495 e. The Kier molecular flexibility index (Phi) is 4.15. The highest BCUT2D eigenvalue weighted by atomic mass is 35.5. The van der Waals surface area contributed by atoms with Gasteiger partial charge in [0.1, 0.15) is 5.75 Å². The molecule has 2 aromatic carbocycles. The fourth-order valence-corrected chi connectivity index (χ4v) is 2.09. The number of nitrogens with one attached hydrogen (secondary N) is 1. The zero-order valence-corrected chi connectivity index (χ0v) is 12.0. The zero-order chi connectivity index (χ0) is 14.7. The molecule has 0 radical (unpaired) electrons. The number of anilines is 2. The van der Waals surface area contributed by atoms with Crippen molar-refractivity contribution in [3.05, 3.63) is 52.5 Å². The number of hydrogen-bond donors (Lipinski definition) is 2. The van der Waals surface area contributed by atoms with Crippen LogP contribution >= 0.6 is 11.6 Å². The third-order valence-electron chi connectivity index (χ3n) is 2.77. The SMILES string of the molecule is COc1ccc(Cl)cc1NC(=O)c1cc(C)cc(N)c1. The standard InChI is InChI=1S/C15H15ClN2O2/c1-9-5-10(7-12(17)6-9)15(19)18-13-8-11(16)3-4-14(13)20-2/h3-8H,17H2,1-2H3,(H,18,19). The van der Waals surface area contributed by atoms with Crippen LogP contribution in [-0.4, -0.2) is 13.0 Å². The monoisotopic (exact) mass is 290 g/mol. The number of amides is 1. The Morgan fingerprint density at radius 2 is 2.00 bits per heavy atom. The maximum absolute atomic E-state index is 12.2. The van der Waals surface area contributed by atoms with E-state index in [1.165, 1.54) is 7.11 Å².